The monoisotopic (exact) mass is 1650 g/mol. The van der Waals surface area contributed by atoms with Gasteiger partial charge in [-0.1, -0.05) is 381 Å². The fraction of sp³-hybridized carbons (Fsp3) is 0.0508. The van der Waals surface area contributed by atoms with Gasteiger partial charge in [0.2, 0.25) is 0 Å². The molecule has 22 aromatic rings. The molecule has 0 amide bonds. The number of methoxy groups -OCH3 is 1. The van der Waals surface area contributed by atoms with Crippen LogP contribution >= 0.6 is 11.3 Å². The number of rotatable bonds is 16. The van der Waals surface area contributed by atoms with E-state index in [0.717, 1.165) is 81.7 Å². The van der Waals surface area contributed by atoms with Gasteiger partial charge in [0.15, 0.2) is 5.82 Å². The zero-order valence-electron chi connectivity index (χ0n) is 70.7. The van der Waals surface area contributed by atoms with Crippen LogP contribution in [0.25, 0.3) is 108 Å². The van der Waals surface area contributed by atoms with Gasteiger partial charge in [0.05, 0.1) is 25.2 Å². The van der Waals surface area contributed by atoms with Crippen molar-refractivity contribution in [3.63, 3.8) is 0 Å². The SMILES string of the molecule is COc1ccc(Nc2cccc3ccccc23)cc1.Cc1ccc(Cc2ccc(C)cc2)cc1.c1ccc(-c2ccc(Cc3ccc4c(c3)oc3ccccc34)cc2)cc1.c1ccc(-c2ccc(Cc3ccc4c(c3)sc3ccccc34)cc2)cc1.c1ccc(-c2ncc(Nc3cccc4ccccc34)cn2)cc1.c1ccc(Nc2ccc3ccccc3c2)cc1. The molecule has 0 radical (unpaired) electrons. The minimum absolute atomic E-state index is 0.731. The summed E-state index contributed by atoms with van der Waals surface area (Å²) < 4.78 is 13.9. The molecule has 3 N–H and O–H groups in total. The van der Waals surface area contributed by atoms with Gasteiger partial charge in [-0.2, -0.15) is 0 Å². The van der Waals surface area contributed by atoms with E-state index in [1.165, 1.54) is 130 Å². The molecule has 0 aliphatic carbocycles. The van der Waals surface area contributed by atoms with Gasteiger partial charge in [0, 0.05) is 75.7 Å². The molecule has 0 fully saturated rings. The van der Waals surface area contributed by atoms with Crippen LogP contribution in [0.3, 0.4) is 0 Å². The van der Waals surface area contributed by atoms with Crippen molar-refractivity contribution in [2.45, 2.75) is 33.1 Å². The number of fused-ring (bicyclic) bond motifs is 9. The van der Waals surface area contributed by atoms with E-state index in [2.05, 4.69) is 386 Å². The number of aromatic nitrogens is 2. The van der Waals surface area contributed by atoms with Crippen molar-refractivity contribution in [1.29, 1.82) is 0 Å². The minimum atomic E-state index is 0.731. The maximum absolute atomic E-state index is 6.01. The summed E-state index contributed by atoms with van der Waals surface area (Å²) in [5.74, 6) is 1.59. The van der Waals surface area contributed by atoms with Gasteiger partial charge < -0.3 is 25.1 Å². The maximum atomic E-state index is 6.01. The summed E-state index contributed by atoms with van der Waals surface area (Å²) in [4.78, 5) is 8.90. The smallest absolute Gasteiger partial charge is 0.159 e. The first-order chi connectivity index (χ1) is 62.1. The number of nitrogens with zero attached hydrogens (tertiary/aromatic N) is 2. The first-order valence-corrected chi connectivity index (χ1v) is 43.5. The number of nitrogens with one attached hydrogen (secondary N) is 3. The quantitative estimate of drug-likeness (QED) is 0.0889. The molecular formula is C118H95N5O2S. The minimum Gasteiger partial charge on any atom is -0.497 e. The number of aryl methyl sites for hydroxylation is 2. The van der Waals surface area contributed by atoms with Crippen LogP contribution in [0.1, 0.15) is 44.5 Å². The Bertz CT molecular complexity index is 7020. The number of furan rings is 1. The summed E-state index contributed by atoms with van der Waals surface area (Å²) in [6.07, 6.45) is 6.54. The van der Waals surface area contributed by atoms with Gasteiger partial charge in [-0.15, -0.1) is 11.3 Å². The summed E-state index contributed by atoms with van der Waals surface area (Å²) >= 11 is 1.89. The molecule has 8 heteroatoms. The number of hydrogen-bond acceptors (Lipinski definition) is 8. The fourth-order valence-electron chi connectivity index (χ4n) is 15.5. The van der Waals surface area contributed by atoms with Crippen LogP contribution in [0.2, 0.25) is 0 Å². The van der Waals surface area contributed by atoms with E-state index in [4.69, 9.17) is 9.15 Å². The van der Waals surface area contributed by atoms with Crippen LogP contribution in [0.5, 0.6) is 5.75 Å². The van der Waals surface area contributed by atoms with Gasteiger partial charge in [0.25, 0.3) is 0 Å². The van der Waals surface area contributed by atoms with Crippen LogP contribution in [0.15, 0.2) is 472 Å². The Balaban J connectivity index is 0.000000108. The van der Waals surface area contributed by atoms with E-state index in [9.17, 15) is 0 Å². The van der Waals surface area contributed by atoms with E-state index < -0.39 is 0 Å². The Morgan fingerprint density at radius 3 is 1.20 bits per heavy atom. The van der Waals surface area contributed by atoms with E-state index in [-0.39, 0.29) is 0 Å². The van der Waals surface area contributed by atoms with Gasteiger partial charge in [-0.25, -0.2) is 9.97 Å². The Morgan fingerprint density at radius 2 is 0.643 bits per heavy atom. The van der Waals surface area contributed by atoms with E-state index >= 15 is 0 Å². The van der Waals surface area contributed by atoms with Crippen molar-refractivity contribution in [1.82, 2.24) is 9.97 Å². The first-order valence-electron chi connectivity index (χ1n) is 42.7. The molecule has 7 nitrogen and oxygen atoms in total. The van der Waals surface area contributed by atoms with Crippen molar-refractivity contribution in [3.05, 3.63) is 512 Å². The summed E-state index contributed by atoms with van der Waals surface area (Å²) in [5.41, 5.74) is 25.0. The summed E-state index contributed by atoms with van der Waals surface area (Å²) in [6.45, 7) is 4.24. The van der Waals surface area contributed by atoms with Crippen LogP contribution in [0.4, 0.5) is 34.1 Å². The van der Waals surface area contributed by atoms with Crippen LogP contribution < -0.4 is 20.7 Å². The average Bonchev–Trinajstić information content (AvgIpc) is 1.64. The normalized spacial score (nSPS) is 10.8. The summed E-state index contributed by atoms with van der Waals surface area (Å²) in [5, 5.41) is 22.7. The van der Waals surface area contributed by atoms with Crippen LogP contribution in [-0.4, -0.2) is 17.1 Å². The molecule has 0 aliphatic heterocycles. The van der Waals surface area contributed by atoms with E-state index in [0.29, 0.717) is 0 Å². The number of anilines is 6. The lowest BCUT2D eigenvalue weighted by Gasteiger charge is -2.10. The average molecular weight is 1650 g/mol. The van der Waals surface area contributed by atoms with Crippen molar-refractivity contribution in [2.75, 3.05) is 23.1 Å². The molecule has 0 bridgehead atoms. The molecule has 3 aromatic heterocycles. The van der Waals surface area contributed by atoms with Gasteiger partial charge in [-0.3, -0.25) is 0 Å². The highest BCUT2D eigenvalue weighted by molar-refractivity contribution is 7.25. The Morgan fingerprint density at radius 1 is 0.254 bits per heavy atom. The zero-order chi connectivity index (χ0) is 85.4. The highest BCUT2D eigenvalue weighted by Gasteiger charge is 2.12. The second-order valence-electron chi connectivity index (χ2n) is 31.2. The molecule has 19 aromatic carbocycles. The Kier molecular flexibility index (Phi) is 26.7. The number of ether oxygens (including phenoxy) is 1. The van der Waals surface area contributed by atoms with Crippen LogP contribution in [-0.2, 0) is 19.3 Å². The Labute approximate surface area is 741 Å². The molecule has 0 spiro atoms. The lowest BCUT2D eigenvalue weighted by Crippen LogP contribution is -1.95. The van der Waals surface area contributed by atoms with Gasteiger partial charge in [-0.05, 0) is 195 Å². The molecule has 0 atom stereocenters. The third-order valence-corrected chi connectivity index (χ3v) is 23.3. The molecule has 0 unspecified atom stereocenters. The number of hydrogen-bond donors (Lipinski definition) is 3. The summed E-state index contributed by atoms with van der Waals surface area (Å²) in [6, 6.07) is 159. The van der Waals surface area contributed by atoms with E-state index in [1.807, 2.05) is 133 Å². The highest BCUT2D eigenvalue weighted by atomic mass is 32.1. The van der Waals surface area contributed by atoms with E-state index in [1.54, 1.807) is 7.11 Å². The first kappa shape index (κ1) is 82.6. The number of benzene rings is 19. The number of thiophene rings is 1. The second kappa shape index (κ2) is 40.8. The van der Waals surface area contributed by atoms with Crippen molar-refractivity contribution in [2.24, 2.45) is 0 Å². The van der Waals surface area contributed by atoms with Crippen molar-refractivity contribution < 1.29 is 9.15 Å². The fourth-order valence-corrected chi connectivity index (χ4v) is 16.7. The lowest BCUT2D eigenvalue weighted by atomic mass is 10.00. The molecule has 0 saturated heterocycles. The maximum Gasteiger partial charge on any atom is 0.159 e. The molecular weight excluding hydrogens is 1550 g/mol. The predicted octanol–water partition coefficient (Wildman–Crippen LogP) is 32.3. The largest absolute Gasteiger partial charge is 0.497 e. The molecule has 0 saturated carbocycles. The second-order valence-corrected chi connectivity index (χ2v) is 32.3. The molecule has 126 heavy (non-hydrogen) atoms. The number of para-hydroxylation sites is 2. The highest BCUT2D eigenvalue weighted by Crippen LogP contribution is 2.37. The molecule has 3 heterocycles. The van der Waals surface area contributed by atoms with Crippen molar-refractivity contribution in [3.8, 4) is 39.4 Å². The Hall–Kier alpha value is -15.7. The molecule has 22 rings (SSSR count). The summed E-state index contributed by atoms with van der Waals surface area (Å²) in [7, 11) is 1.67. The van der Waals surface area contributed by atoms with Gasteiger partial charge >= 0.3 is 0 Å². The molecule has 610 valence electrons. The van der Waals surface area contributed by atoms with Gasteiger partial charge in [0.1, 0.15) is 16.9 Å². The predicted molar refractivity (Wildman–Crippen MR) is 536 cm³/mol. The topological polar surface area (TPSA) is 84.2 Å². The van der Waals surface area contributed by atoms with Crippen molar-refractivity contribution >= 4 is 120 Å². The van der Waals surface area contributed by atoms with Crippen LogP contribution in [0, 0.1) is 13.8 Å². The lowest BCUT2D eigenvalue weighted by molar-refractivity contribution is 0.415. The zero-order valence-corrected chi connectivity index (χ0v) is 71.5. The molecule has 0 aliphatic rings. The third-order valence-electron chi connectivity index (χ3n) is 22.2. The standard InChI is InChI=1S/C25H18O.C25H18S.C20H15N3.C17H15NO.C16H13N.C15H16/c2*1-2-6-20(7-3-1)21-13-10-18(11-14-21)16-19-12-15-23-22-8-4-5-9-24(22)26-25(23)17-19;1-2-8-16(9-3-1)20-21-13-17(14-22-20)23-19-12-6-10-15-7-4-5-11-18(15)19;1-19-15-11-9-14(10-12-15)18-17-8-4-6-13-5-2-3-7-16(13)17;1-2-8-15(9-3-1)17-16-11-10-13-6-4-5-7-14(13)12-16;1-12-3-7-14(8-4-12)11-15-9-5-13(2)6-10-15/h2*1-15,17H,16H2;1-14,23H;2-12,18H,1H3;1-12,17H;3-10H,11H2,1-2H3. The third kappa shape index (κ3) is 21.6.